The Labute approximate surface area is 96.2 Å². The number of hydrogen-bond donors (Lipinski definition) is 0. The molecular formula is C13H17NO2. The molecule has 3 nitrogen and oxygen atoms in total. The first kappa shape index (κ1) is 12.5. The number of hydrogen-bond acceptors (Lipinski definition) is 3. The van der Waals surface area contributed by atoms with Crippen LogP contribution in [0.3, 0.4) is 0 Å². The molecule has 0 unspecified atom stereocenters. The maximum atomic E-state index is 10.3. The smallest absolute Gasteiger partial charge is 0.240 e. The Morgan fingerprint density at radius 2 is 2.06 bits per heavy atom. The minimum Gasteiger partial charge on any atom is -0.494 e. The molecule has 0 saturated carbocycles. The van der Waals surface area contributed by atoms with E-state index in [2.05, 4.69) is 18.8 Å². The molecular weight excluding hydrogens is 202 g/mol. The van der Waals surface area contributed by atoms with Gasteiger partial charge >= 0.3 is 0 Å². The van der Waals surface area contributed by atoms with Crippen LogP contribution < -0.4 is 4.74 Å². The second kappa shape index (κ2) is 6.09. The topological polar surface area (TPSA) is 38.7 Å². The summed E-state index contributed by atoms with van der Waals surface area (Å²) in [6, 6.07) is 5.78. The number of carbonyl (C=O) groups excluding carboxylic acids is 1. The first-order valence-electron chi connectivity index (χ1n) is 5.52. The maximum absolute atomic E-state index is 10.3. The van der Waals surface area contributed by atoms with Crippen molar-refractivity contribution < 1.29 is 9.53 Å². The first-order chi connectivity index (χ1) is 7.76. The van der Waals surface area contributed by atoms with Crippen LogP contribution in [0.2, 0.25) is 0 Å². The Kier molecular flexibility index (Phi) is 4.74. The highest BCUT2D eigenvalue weighted by Gasteiger charge is 2.10. The van der Waals surface area contributed by atoms with Crippen LogP contribution in [0.1, 0.15) is 38.2 Å². The van der Waals surface area contributed by atoms with Gasteiger partial charge in [-0.3, -0.25) is 0 Å². The Bertz CT molecular complexity index is 391. The maximum Gasteiger partial charge on any atom is 0.240 e. The van der Waals surface area contributed by atoms with Crippen molar-refractivity contribution in [2.75, 3.05) is 7.11 Å². The molecule has 0 amide bonds. The average Bonchev–Trinajstić information content (AvgIpc) is 2.31. The van der Waals surface area contributed by atoms with Crippen molar-refractivity contribution in [2.45, 2.75) is 32.6 Å². The number of methoxy groups -OCH3 is 1. The van der Waals surface area contributed by atoms with Gasteiger partial charge in [-0.1, -0.05) is 19.9 Å². The minimum atomic E-state index is 0.506. The van der Waals surface area contributed by atoms with Crippen molar-refractivity contribution in [3.63, 3.8) is 0 Å². The molecule has 86 valence electrons. The highest BCUT2D eigenvalue weighted by Crippen LogP contribution is 2.32. The third-order valence-corrected chi connectivity index (χ3v) is 2.83. The lowest BCUT2D eigenvalue weighted by Crippen LogP contribution is -1.95. The lowest BCUT2D eigenvalue weighted by Gasteiger charge is -2.14. The van der Waals surface area contributed by atoms with Gasteiger partial charge in [0.15, 0.2) is 0 Å². The van der Waals surface area contributed by atoms with E-state index in [1.165, 1.54) is 5.56 Å². The number of nitrogens with zero attached hydrogens (tertiary/aromatic N) is 1. The van der Waals surface area contributed by atoms with Gasteiger partial charge in [-0.15, -0.1) is 0 Å². The van der Waals surface area contributed by atoms with Gasteiger partial charge < -0.3 is 4.74 Å². The minimum absolute atomic E-state index is 0.506. The van der Waals surface area contributed by atoms with Gasteiger partial charge in [0, 0.05) is 0 Å². The Morgan fingerprint density at radius 1 is 1.38 bits per heavy atom. The predicted octanol–water partition coefficient (Wildman–Crippen LogP) is 3.57. The summed E-state index contributed by atoms with van der Waals surface area (Å²) in [5, 5.41) is 0. The monoisotopic (exact) mass is 219 g/mol. The number of benzene rings is 1. The van der Waals surface area contributed by atoms with E-state index in [4.69, 9.17) is 4.74 Å². The van der Waals surface area contributed by atoms with Crippen LogP contribution in [0.4, 0.5) is 5.69 Å². The highest BCUT2D eigenvalue weighted by molar-refractivity contribution is 5.59. The second-order valence-electron chi connectivity index (χ2n) is 3.65. The van der Waals surface area contributed by atoms with Crippen molar-refractivity contribution in [1.82, 2.24) is 0 Å². The summed E-state index contributed by atoms with van der Waals surface area (Å²) in [5.41, 5.74) is 1.75. The number of rotatable bonds is 5. The lowest BCUT2D eigenvalue weighted by atomic mass is 9.93. The Hall–Kier alpha value is -1.60. The third kappa shape index (κ3) is 2.71. The molecule has 0 radical (unpaired) electrons. The number of aliphatic imine (C=N–C) groups is 1. The van der Waals surface area contributed by atoms with Crippen molar-refractivity contribution in [3.8, 4) is 5.75 Å². The van der Waals surface area contributed by atoms with E-state index in [1.54, 1.807) is 13.2 Å². The van der Waals surface area contributed by atoms with E-state index >= 15 is 0 Å². The van der Waals surface area contributed by atoms with Crippen molar-refractivity contribution in [1.29, 1.82) is 0 Å². The summed E-state index contributed by atoms with van der Waals surface area (Å²) in [5.74, 6) is 1.12. The van der Waals surface area contributed by atoms with Gasteiger partial charge in [0.1, 0.15) is 11.4 Å². The summed E-state index contributed by atoms with van der Waals surface area (Å²) in [6.07, 6.45) is 3.71. The fraction of sp³-hybridized carbons (Fsp3) is 0.462. The fourth-order valence-electron chi connectivity index (χ4n) is 1.86. The Morgan fingerprint density at radius 3 is 2.56 bits per heavy atom. The lowest BCUT2D eigenvalue weighted by molar-refractivity contribution is 0.415. The zero-order chi connectivity index (χ0) is 12.0. The summed E-state index contributed by atoms with van der Waals surface area (Å²) in [4.78, 5) is 14.0. The van der Waals surface area contributed by atoms with Crippen LogP contribution in [0.5, 0.6) is 5.75 Å². The van der Waals surface area contributed by atoms with Crippen molar-refractivity contribution >= 4 is 11.8 Å². The van der Waals surface area contributed by atoms with Gasteiger partial charge in [0.05, 0.1) is 7.11 Å². The third-order valence-electron chi connectivity index (χ3n) is 2.83. The van der Waals surface area contributed by atoms with Crippen molar-refractivity contribution in [3.05, 3.63) is 23.8 Å². The van der Waals surface area contributed by atoms with Crippen LogP contribution in [0.25, 0.3) is 0 Å². The molecule has 0 fully saturated rings. The Balaban J connectivity index is 3.15. The fourth-order valence-corrected chi connectivity index (χ4v) is 1.86. The van der Waals surface area contributed by atoms with Crippen LogP contribution in [-0.4, -0.2) is 13.2 Å². The van der Waals surface area contributed by atoms with E-state index in [1.807, 2.05) is 18.2 Å². The van der Waals surface area contributed by atoms with Crippen molar-refractivity contribution in [2.24, 2.45) is 4.99 Å². The standard InChI is InChI=1S/C13H17NO2/c1-4-10(5-2)11-6-7-13(16-3)12(8-11)14-9-15/h6-8,10H,4-5H2,1-3H3. The van der Waals surface area contributed by atoms with Gasteiger partial charge in [0.25, 0.3) is 0 Å². The molecule has 0 aliphatic heterocycles. The van der Waals surface area contributed by atoms with Gasteiger partial charge in [-0.25, -0.2) is 4.79 Å². The van der Waals surface area contributed by atoms with Crippen LogP contribution in [-0.2, 0) is 4.79 Å². The molecule has 1 rings (SSSR count). The number of ether oxygens (including phenoxy) is 1. The second-order valence-corrected chi connectivity index (χ2v) is 3.65. The summed E-state index contributed by atoms with van der Waals surface area (Å²) in [7, 11) is 1.57. The molecule has 1 aromatic carbocycles. The van der Waals surface area contributed by atoms with Gasteiger partial charge in [-0.2, -0.15) is 4.99 Å². The molecule has 0 aliphatic carbocycles. The van der Waals surface area contributed by atoms with E-state index in [0.29, 0.717) is 17.4 Å². The zero-order valence-corrected chi connectivity index (χ0v) is 9.99. The molecule has 0 atom stereocenters. The molecule has 0 heterocycles. The average molecular weight is 219 g/mol. The van der Waals surface area contributed by atoms with Gasteiger partial charge in [-0.05, 0) is 36.5 Å². The normalized spacial score (nSPS) is 10.0. The molecule has 1 aromatic rings. The molecule has 0 spiro atoms. The SMILES string of the molecule is CCC(CC)c1ccc(OC)c(N=C=O)c1. The molecule has 0 bridgehead atoms. The zero-order valence-electron chi connectivity index (χ0n) is 9.99. The van der Waals surface area contributed by atoms with Crippen LogP contribution in [0.15, 0.2) is 23.2 Å². The molecule has 0 aliphatic rings. The summed E-state index contributed by atoms with van der Waals surface area (Å²) < 4.78 is 5.13. The summed E-state index contributed by atoms with van der Waals surface area (Å²) in [6.45, 7) is 4.31. The molecule has 16 heavy (non-hydrogen) atoms. The summed E-state index contributed by atoms with van der Waals surface area (Å²) >= 11 is 0. The molecule has 3 heteroatoms. The molecule has 0 aromatic heterocycles. The van der Waals surface area contributed by atoms with E-state index in [-0.39, 0.29) is 0 Å². The van der Waals surface area contributed by atoms with Gasteiger partial charge in [0.2, 0.25) is 6.08 Å². The predicted molar refractivity (Wildman–Crippen MR) is 64.1 cm³/mol. The van der Waals surface area contributed by atoms with E-state index < -0.39 is 0 Å². The first-order valence-corrected chi connectivity index (χ1v) is 5.52. The number of isocyanates is 1. The highest BCUT2D eigenvalue weighted by atomic mass is 16.5. The van der Waals surface area contributed by atoms with Crippen LogP contribution >= 0.6 is 0 Å². The molecule has 0 N–H and O–H groups in total. The quantitative estimate of drug-likeness (QED) is 0.561. The molecule has 0 saturated heterocycles. The largest absolute Gasteiger partial charge is 0.494 e. The van der Waals surface area contributed by atoms with Crippen LogP contribution in [0, 0.1) is 0 Å². The van der Waals surface area contributed by atoms with E-state index in [0.717, 1.165) is 12.8 Å². The van der Waals surface area contributed by atoms with E-state index in [9.17, 15) is 4.79 Å².